The molecule has 3 aromatic rings. The molecule has 29 heavy (non-hydrogen) atoms. The molecule has 1 N–H and O–H groups in total. The highest BCUT2D eigenvalue weighted by molar-refractivity contribution is 7.89. The number of rotatable bonds is 4. The van der Waals surface area contributed by atoms with Crippen LogP contribution in [0.2, 0.25) is 0 Å². The minimum absolute atomic E-state index is 0.109. The average molecular weight is 413 g/mol. The summed E-state index contributed by atoms with van der Waals surface area (Å²) in [6, 6.07) is 12.1. The SMILES string of the molecule is COC(=O)c1cccc(S(=O)(=O)N2CCC(c3nc4ccc(C)cc4[nH]3)CC2)c1. The number of benzene rings is 2. The highest BCUT2D eigenvalue weighted by Crippen LogP contribution is 2.30. The van der Waals surface area contributed by atoms with Gasteiger partial charge in [-0.15, -0.1) is 0 Å². The quantitative estimate of drug-likeness (QED) is 0.663. The molecule has 1 aliphatic heterocycles. The second-order valence-electron chi connectivity index (χ2n) is 7.34. The van der Waals surface area contributed by atoms with Crippen LogP contribution in [0, 0.1) is 6.92 Å². The summed E-state index contributed by atoms with van der Waals surface area (Å²) in [5.74, 6) is 0.548. The van der Waals surface area contributed by atoms with E-state index in [1.54, 1.807) is 12.1 Å². The van der Waals surface area contributed by atoms with E-state index in [9.17, 15) is 13.2 Å². The largest absolute Gasteiger partial charge is 0.465 e. The van der Waals surface area contributed by atoms with Crippen LogP contribution >= 0.6 is 0 Å². The highest BCUT2D eigenvalue weighted by Gasteiger charge is 2.31. The fraction of sp³-hybridized carbons (Fsp3) is 0.333. The minimum atomic E-state index is -3.67. The summed E-state index contributed by atoms with van der Waals surface area (Å²) in [5.41, 5.74) is 3.33. The van der Waals surface area contributed by atoms with Gasteiger partial charge in [0.2, 0.25) is 10.0 Å². The van der Waals surface area contributed by atoms with Gasteiger partial charge in [0.1, 0.15) is 5.82 Å². The Morgan fingerprint density at radius 2 is 1.93 bits per heavy atom. The van der Waals surface area contributed by atoms with Crippen molar-refractivity contribution < 1.29 is 17.9 Å². The van der Waals surface area contributed by atoms with Crippen molar-refractivity contribution in [1.29, 1.82) is 0 Å². The van der Waals surface area contributed by atoms with Crippen LogP contribution in [-0.4, -0.2) is 48.9 Å². The molecule has 0 saturated carbocycles. The second kappa shape index (κ2) is 7.61. The Hall–Kier alpha value is -2.71. The molecular formula is C21H23N3O4S. The lowest BCUT2D eigenvalue weighted by Gasteiger charge is -2.30. The molecule has 0 aliphatic carbocycles. The molecule has 0 bridgehead atoms. The zero-order valence-corrected chi connectivity index (χ0v) is 17.2. The molecule has 0 radical (unpaired) electrons. The van der Waals surface area contributed by atoms with Gasteiger partial charge in [-0.25, -0.2) is 18.2 Å². The first kappa shape index (κ1) is 19.6. The molecule has 1 aliphatic rings. The van der Waals surface area contributed by atoms with E-state index in [4.69, 9.17) is 0 Å². The third-order valence-corrected chi connectivity index (χ3v) is 7.28. The van der Waals surface area contributed by atoms with E-state index in [-0.39, 0.29) is 16.4 Å². The summed E-state index contributed by atoms with van der Waals surface area (Å²) < 4.78 is 32.2. The van der Waals surface area contributed by atoms with Crippen LogP contribution in [-0.2, 0) is 14.8 Å². The van der Waals surface area contributed by atoms with E-state index in [1.807, 2.05) is 19.1 Å². The summed E-state index contributed by atoms with van der Waals surface area (Å²) in [6.45, 7) is 2.86. The van der Waals surface area contributed by atoms with Crippen LogP contribution < -0.4 is 0 Å². The molecule has 2 aromatic carbocycles. The lowest BCUT2D eigenvalue weighted by molar-refractivity contribution is 0.0600. The van der Waals surface area contributed by atoms with E-state index in [2.05, 4.69) is 20.8 Å². The maximum absolute atomic E-state index is 13.0. The first-order chi connectivity index (χ1) is 13.9. The summed E-state index contributed by atoms with van der Waals surface area (Å²) in [6.07, 6.45) is 1.38. The molecule has 1 fully saturated rings. The third kappa shape index (κ3) is 3.77. The number of aromatic amines is 1. The van der Waals surface area contributed by atoms with Crippen molar-refractivity contribution in [3.8, 4) is 0 Å². The zero-order chi connectivity index (χ0) is 20.6. The predicted molar refractivity (Wildman–Crippen MR) is 109 cm³/mol. The number of fused-ring (bicyclic) bond motifs is 1. The summed E-state index contributed by atoms with van der Waals surface area (Å²) in [4.78, 5) is 19.9. The van der Waals surface area contributed by atoms with E-state index in [0.29, 0.717) is 25.9 Å². The summed E-state index contributed by atoms with van der Waals surface area (Å²) in [5, 5.41) is 0. The van der Waals surface area contributed by atoms with Gasteiger partial charge in [-0.05, 0) is 55.7 Å². The maximum atomic E-state index is 13.0. The molecule has 2 heterocycles. The third-order valence-electron chi connectivity index (χ3n) is 5.39. The first-order valence-electron chi connectivity index (χ1n) is 9.53. The number of hydrogen-bond donors (Lipinski definition) is 1. The van der Waals surface area contributed by atoms with Gasteiger partial charge in [0.25, 0.3) is 0 Å². The van der Waals surface area contributed by atoms with Crippen molar-refractivity contribution in [2.24, 2.45) is 0 Å². The Morgan fingerprint density at radius 3 is 2.66 bits per heavy atom. The number of imidazole rings is 1. The number of aromatic nitrogens is 2. The van der Waals surface area contributed by atoms with Gasteiger partial charge in [-0.3, -0.25) is 0 Å². The fourth-order valence-corrected chi connectivity index (χ4v) is 5.27. The van der Waals surface area contributed by atoms with Gasteiger partial charge in [-0.1, -0.05) is 12.1 Å². The Kier molecular flexibility index (Phi) is 5.14. The van der Waals surface area contributed by atoms with Crippen molar-refractivity contribution in [3.63, 3.8) is 0 Å². The number of carbonyl (C=O) groups excluding carboxylic acids is 1. The molecule has 1 saturated heterocycles. The number of esters is 1. The van der Waals surface area contributed by atoms with E-state index in [0.717, 1.165) is 16.9 Å². The van der Waals surface area contributed by atoms with Gasteiger partial charge in [0.15, 0.2) is 0 Å². The molecule has 0 atom stereocenters. The molecule has 152 valence electrons. The monoisotopic (exact) mass is 413 g/mol. The van der Waals surface area contributed by atoms with Crippen LogP contribution in [0.15, 0.2) is 47.4 Å². The van der Waals surface area contributed by atoms with Gasteiger partial charge in [-0.2, -0.15) is 4.31 Å². The first-order valence-corrected chi connectivity index (χ1v) is 11.0. The van der Waals surface area contributed by atoms with Crippen molar-refractivity contribution in [1.82, 2.24) is 14.3 Å². The Labute approximate surface area is 169 Å². The lowest BCUT2D eigenvalue weighted by atomic mass is 9.97. The molecule has 0 spiro atoms. The topological polar surface area (TPSA) is 92.4 Å². The number of piperidine rings is 1. The summed E-state index contributed by atoms with van der Waals surface area (Å²) in [7, 11) is -2.40. The molecular weight excluding hydrogens is 390 g/mol. The zero-order valence-electron chi connectivity index (χ0n) is 16.4. The molecule has 0 amide bonds. The highest BCUT2D eigenvalue weighted by atomic mass is 32.2. The van der Waals surface area contributed by atoms with E-state index in [1.165, 1.54) is 29.1 Å². The van der Waals surface area contributed by atoms with Gasteiger partial charge < -0.3 is 9.72 Å². The molecule has 8 heteroatoms. The Morgan fingerprint density at radius 1 is 1.17 bits per heavy atom. The van der Waals surface area contributed by atoms with E-state index < -0.39 is 16.0 Å². The maximum Gasteiger partial charge on any atom is 0.337 e. The van der Waals surface area contributed by atoms with Crippen molar-refractivity contribution in [2.45, 2.75) is 30.6 Å². The lowest BCUT2D eigenvalue weighted by Crippen LogP contribution is -2.38. The molecule has 7 nitrogen and oxygen atoms in total. The van der Waals surface area contributed by atoms with Crippen molar-refractivity contribution >= 4 is 27.0 Å². The fourth-order valence-electron chi connectivity index (χ4n) is 3.76. The predicted octanol–water partition coefficient (Wildman–Crippen LogP) is 3.23. The van der Waals surface area contributed by atoms with Crippen LogP contribution in [0.5, 0.6) is 0 Å². The van der Waals surface area contributed by atoms with Gasteiger partial charge in [0, 0.05) is 19.0 Å². The van der Waals surface area contributed by atoms with Crippen LogP contribution in [0.3, 0.4) is 0 Å². The standard InChI is InChI=1S/C21H23N3O4S/c1-14-6-7-18-19(12-14)23-20(22-18)15-8-10-24(11-9-15)29(26,27)17-5-3-4-16(13-17)21(25)28-2/h3-7,12-13,15H,8-11H2,1-2H3,(H,22,23). The van der Waals surface area contributed by atoms with Crippen molar-refractivity contribution in [3.05, 3.63) is 59.4 Å². The number of H-pyrrole nitrogens is 1. The van der Waals surface area contributed by atoms with Gasteiger partial charge in [0.05, 0.1) is 28.6 Å². The van der Waals surface area contributed by atoms with Crippen LogP contribution in [0.25, 0.3) is 11.0 Å². The average Bonchev–Trinajstić information content (AvgIpc) is 3.16. The van der Waals surface area contributed by atoms with E-state index >= 15 is 0 Å². The van der Waals surface area contributed by atoms with Gasteiger partial charge >= 0.3 is 5.97 Å². The normalized spacial score (nSPS) is 16.2. The Bertz CT molecular complexity index is 1160. The smallest absolute Gasteiger partial charge is 0.337 e. The number of methoxy groups -OCH3 is 1. The molecule has 4 rings (SSSR count). The number of aryl methyl sites for hydroxylation is 1. The second-order valence-corrected chi connectivity index (χ2v) is 9.28. The number of hydrogen-bond acceptors (Lipinski definition) is 5. The minimum Gasteiger partial charge on any atom is -0.465 e. The number of sulfonamides is 1. The number of nitrogens with zero attached hydrogens (tertiary/aromatic N) is 2. The number of carbonyl (C=O) groups is 1. The van der Waals surface area contributed by atoms with Crippen LogP contribution in [0.1, 0.15) is 40.5 Å². The Balaban J connectivity index is 1.50. The molecule has 0 unspecified atom stereocenters. The number of ether oxygens (including phenoxy) is 1. The number of nitrogens with one attached hydrogen (secondary N) is 1. The van der Waals surface area contributed by atoms with Crippen LogP contribution in [0.4, 0.5) is 0 Å². The van der Waals surface area contributed by atoms with Crippen molar-refractivity contribution in [2.75, 3.05) is 20.2 Å². The summed E-state index contributed by atoms with van der Waals surface area (Å²) >= 11 is 0. The molecule has 1 aromatic heterocycles.